The van der Waals surface area contributed by atoms with Crippen LogP contribution in [0.5, 0.6) is 11.5 Å². The fraction of sp³-hybridized carbons (Fsp3) is 0.222. The zero-order valence-electron chi connectivity index (χ0n) is 14.3. The van der Waals surface area contributed by atoms with E-state index in [2.05, 4.69) is 9.47 Å². The molecular weight excluding hydrogens is 408 g/mol. The Labute approximate surface area is 159 Å². The van der Waals surface area contributed by atoms with Gasteiger partial charge in [0.2, 0.25) is 5.78 Å². The molecule has 29 heavy (non-hydrogen) atoms. The number of ether oxygens (including phenoxy) is 2. The van der Waals surface area contributed by atoms with E-state index in [1.807, 2.05) is 0 Å². The van der Waals surface area contributed by atoms with Gasteiger partial charge in [-0.25, -0.2) is 0 Å². The number of nitrogens with zero attached hydrogens (tertiary/aromatic N) is 1. The highest BCUT2D eigenvalue weighted by Gasteiger charge is 2.41. The number of hydrogen-bond acceptors (Lipinski definition) is 4. The quantitative estimate of drug-likeness (QED) is 0.540. The minimum Gasteiger partial charge on any atom is -0.406 e. The van der Waals surface area contributed by atoms with Gasteiger partial charge in [0.05, 0.1) is 6.04 Å². The second-order valence-electron chi connectivity index (χ2n) is 5.98. The van der Waals surface area contributed by atoms with Crippen LogP contribution in [0, 0.1) is 0 Å². The van der Waals surface area contributed by atoms with Crippen molar-refractivity contribution in [1.29, 1.82) is 0 Å². The van der Waals surface area contributed by atoms with E-state index in [0.29, 0.717) is 0 Å². The fourth-order valence-corrected chi connectivity index (χ4v) is 2.92. The van der Waals surface area contributed by atoms with Gasteiger partial charge in [0.25, 0.3) is 5.91 Å². The third kappa shape index (κ3) is 4.98. The van der Waals surface area contributed by atoms with E-state index in [9.17, 15) is 35.9 Å². The van der Waals surface area contributed by atoms with E-state index in [1.165, 1.54) is 12.1 Å². The summed E-state index contributed by atoms with van der Waals surface area (Å²) in [5.74, 6) is -2.78. The van der Waals surface area contributed by atoms with Crippen molar-refractivity contribution < 1.29 is 45.4 Å². The first kappa shape index (κ1) is 20.5. The summed E-state index contributed by atoms with van der Waals surface area (Å²) in [4.78, 5) is 25.2. The molecule has 5 nitrogen and oxygen atoms in total. The number of carbonyl (C=O) groups excluding carboxylic acids is 2. The summed E-state index contributed by atoms with van der Waals surface area (Å²) in [7, 11) is 0. The summed E-state index contributed by atoms with van der Waals surface area (Å²) in [6.07, 6.45) is -10.1. The maximum absolute atomic E-state index is 12.4. The van der Waals surface area contributed by atoms with E-state index in [0.717, 1.165) is 41.3 Å². The highest BCUT2D eigenvalue weighted by atomic mass is 19.4. The molecule has 1 unspecified atom stereocenters. The van der Waals surface area contributed by atoms with E-state index in [-0.39, 0.29) is 17.7 Å². The highest BCUT2D eigenvalue weighted by Crippen LogP contribution is 2.38. The minimum absolute atomic E-state index is 0.0857. The van der Waals surface area contributed by atoms with Crippen LogP contribution in [-0.2, 0) is 9.59 Å². The normalized spacial score (nSPS) is 17.6. The van der Waals surface area contributed by atoms with Gasteiger partial charge in [0.15, 0.2) is 0 Å². The van der Waals surface area contributed by atoms with E-state index in [1.54, 1.807) is 0 Å². The van der Waals surface area contributed by atoms with Gasteiger partial charge in [0.1, 0.15) is 11.5 Å². The molecule has 1 saturated heterocycles. The maximum Gasteiger partial charge on any atom is 0.573 e. The SMILES string of the molecule is O=C1CC(c2cccc(OC(F)(F)F)c2)N(c2ccc(OC(F)(F)F)cc2)C1=O. The zero-order valence-corrected chi connectivity index (χ0v) is 14.3. The van der Waals surface area contributed by atoms with E-state index in [4.69, 9.17) is 0 Å². The summed E-state index contributed by atoms with van der Waals surface area (Å²) >= 11 is 0. The van der Waals surface area contributed by atoms with Crippen molar-refractivity contribution in [3.63, 3.8) is 0 Å². The molecule has 11 heteroatoms. The maximum atomic E-state index is 12.4. The molecule has 1 aliphatic rings. The summed E-state index contributed by atoms with van der Waals surface area (Å²) in [5.41, 5.74) is 0.282. The molecule has 0 spiro atoms. The number of amides is 1. The molecule has 0 aromatic heterocycles. The Balaban J connectivity index is 1.90. The van der Waals surface area contributed by atoms with Crippen LogP contribution in [0.15, 0.2) is 48.5 Å². The Morgan fingerprint density at radius 3 is 2.00 bits per heavy atom. The molecule has 0 aliphatic carbocycles. The van der Waals surface area contributed by atoms with E-state index < -0.39 is 42.0 Å². The minimum atomic E-state index is -4.92. The number of ketones is 1. The topological polar surface area (TPSA) is 55.8 Å². The molecule has 0 N–H and O–H groups in total. The molecule has 1 atom stereocenters. The smallest absolute Gasteiger partial charge is 0.406 e. The molecule has 0 saturated carbocycles. The van der Waals surface area contributed by atoms with Crippen LogP contribution in [0.25, 0.3) is 0 Å². The predicted octanol–water partition coefficient (Wildman–Crippen LogP) is 4.53. The number of hydrogen-bond donors (Lipinski definition) is 0. The molecule has 2 aromatic carbocycles. The Hall–Kier alpha value is -3.24. The lowest BCUT2D eigenvalue weighted by molar-refractivity contribution is -0.275. The van der Waals surface area contributed by atoms with Gasteiger partial charge in [0, 0.05) is 12.1 Å². The van der Waals surface area contributed by atoms with Gasteiger partial charge in [-0.2, -0.15) is 0 Å². The van der Waals surface area contributed by atoms with Crippen LogP contribution >= 0.6 is 0 Å². The average molecular weight is 419 g/mol. The molecule has 1 aliphatic heterocycles. The van der Waals surface area contributed by atoms with Crippen LogP contribution in [0.3, 0.4) is 0 Å². The molecule has 1 heterocycles. The van der Waals surface area contributed by atoms with Crippen LogP contribution < -0.4 is 14.4 Å². The van der Waals surface area contributed by atoms with Gasteiger partial charge in [-0.15, -0.1) is 26.3 Å². The number of Topliss-reactive ketones (excluding diaryl/α,β-unsaturated/α-hetero) is 1. The first-order valence-corrected chi connectivity index (χ1v) is 8.01. The number of halogens is 6. The second-order valence-corrected chi connectivity index (χ2v) is 5.98. The van der Waals surface area contributed by atoms with Crippen LogP contribution in [0.1, 0.15) is 18.0 Å². The van der Waals surface area contributed by atoms with Gasteiger partial charge in [-0.1, -0.05) is 12.1 Å². The number of alkyl halides is 6. The monoisotopic (exact) mass is 419 g/mol. The number of benzene rings is 2. The first-order valence-electron chi connectivity index (χ1n) is 8.01. The molecule has 1 fully saturated rings. The highest BCUT2D eigenvalue weighted by molar-refractivity contribution is 6.44. The van der Waals surface area contributed by atoms with Crippen molar-refractivity contribution in [3.05, 3.63) is 54.1 Å². The molecule has 0 bridgehead atoms. The Morgan fingerprint density at radius 1 is 0.828 bits per heavy atom. The van der Waals surface area contributed by atoms with Crippen molar-refractivity contribution in [2.45, 2.75) is 25.2 Å². The molecule has 0 radical (unpaired) electrons. The van der Waals surface area contributed by atoms with Crippen molar-refractivity contribution >= 4 is 17.4 Å². The zero-order chi connectivity index (χ0) is 21.4. The van der Waals surface area contributed by atoms with Crippen molar-refractivity contribution in [2.24, 2.45) is 0 Å². The third-order valence-corrected chi connectivity index (χ3v) is 3.97. The molecule has 3 rings (SSSR count). The standard InChI is InChI=1S/C18H11F6NO4/c19-17(20,21)28-12-6-4-11(5-7-12)25-14(9-15(26)16(25)27)10-2-1-3-13(8-10)29-18(22,23)24/h1-8,14H,9H2. The number of rotatable bonds is 4. The van der Waals surface area contributed by atoms with E-state index >= 15 is 0 Å². The van der Waals surface area contributed by atoms with Crippen LogP contribution in [0.2, 0.25) is 0 Å². The predicted molar refractivity (Wildman–Crippen MR) is 86.1 cm³/mol. The first-order chi connectivity index (χ1) is 13.4. The lowest BCUT2D eigenvalue weighted by Crippen LogP contribution is -2.29. The molecule has 1 amide bonds. The number of anilines is 1. The van der Waals surface area contributed by atoms with Gasteiger partial charge in [-0.3, -0.25) is 14.5 Å². The van der Waals surface area contributed by atoms with Crippen LogP contribution in [-0.4, -0.2) is 24.4 Å². The number of carbonyl (C=O) groups is 2. The van der Waals surface area contributed by atoms with Crippen molar-refractivity contribution in [2.75, 3.05) is 4.90 Å². The van der Waals surface area contributed by atoms with Crippen molar-refractivity contribution in [3.8, 4) is 11.5 Å². The molecule has 154 valence electrons. The largest absolute Gasteiger partial charge is 0.573 e. The lowest BCUT2D eigenvalue weighted by atomic mass is 10.0. The summed E-state index contributed by atoms with van der Waals surface area (Å²) in [6, 6.07) is 8.03. The van der Waals surface area contributed by atoms with Crippen molar-refractivity contribution in [1.82, 2.24) is 0 Å². The third-order valence-electron chi connectivity index (χ3n) is 3.97. The Morgan fingerprint density at radius 2 is 1.41 bits per heavy atom. The summed E-state index contributed by atoms with van der Waals surface area (Å²) < 4.78 is 81.7. The summed E-state index contributed by atoms with van der Waals surface area (Å²) in [5, 5.41) is 0. The average Bonchev–Trinajstić information content (AvgIpc) is 2.88. The molecule has 2 aromatic rings. The Bertz CT molecular complexity index is 923. The van der Waals surface area contributed by atoms with Crippen LogP contribution in [0.4, 0.5) is 32.0 Å². The fourth-order valence-electron chi connectivity index (χ4n) is 2.92. The Kier molecular flexibility index (Phi) is 5.16. The van der Waals surface area contributed by atoms with Gasteiger partial charge in [-0.05, 0) is 42.0 Å². The molecular formula is C18H11F6NO4. The summed E-state index contributed by atoms with van der Waals surface area (Å²) in [6.45, 7) is 0. The second kappa shape index (κ2) is 7.30. The van der Waals surface area contributed by atoms with Gasteiger partial charge >= 0.3 is 12.7 Å². The lowest BCUT2D eigenvalue weighted by Gasteiger charge is -2.25. The van der Waals surface area contributed by atoms with Gasteiger partial charge < -0.3 is 9.47 Å².